The summed E-state index contributed by atoms with van der Waals surface area (Å²) in [5.74, 6) is 0. The molecular weight excluding hydrogens is 332 g/mol. The van der Waals surface area contributed by atoms with E-state index in [2.05, 4.69) is 54.2 Å². The van der Waals surface area contributed by atoms with E-state index in [4.69, 9.17) is 10.7 Å². The average molecular weight is 353 g/mol. The first kappa shape index (κ1) is 15.7. The molecule has 1 unspecified atom stereocenters. The highest BCUT2D eigenvalue weighted by molar-refractivity contribution is 9.10. The van der Waals surface area contributed by atoms with Crippen molar-refractivity contribution in [3.05, 3.63) is 50.4 Å². The third-order valence-electron chi connectivity index (χ3n) is 3.14. The van der Waals surface area contributed by atoms with Crippen LogP contribution in [0.1, 0.15) is 37.0 Å². The number of nitrogens with two attached hydrogens (primary N) is 1. The topological polar surface area (TPSA) is 38.9 Å². The van der Waals surface area contributed by atoms with Crippen molar-refractivity contribution in [2.45, 2.75) is 45.1 Å². The molecule has 2 rings (SSSR count). The summed E-state index contributed by atoms with van der Waals surface area (Å²) in [6, 6.07) is 8.44. The van der Waals surface area contributed by atoms with E-state index < -0.39 is 0 Å². The lowest BCUT2D eigenvalue weighted by Gasteiger charge is -2.14. The Labute approximate surface area is 133 Å². The molecule has 0 radical (unpaired) electrons. The fourth-order valence-corrected chi connectivity index (χ4v) is 3.57. The molecule has 0 spiro atoms. The second-order valence-electron chi connectivity index (χ2n) is 6.17. The van der Waals surface area contributed by atoms with Crippen LogP contribution in [-0.4, -0.2) is 11.0 Å². The molecule has 2 nitrogen and oxygen atoms in total. The molecular formula is C16H21BrN2S. The molecule has 0 aliphatic carbocycles. The summed E-state index contributed by atoms with van der Waals surface area (Å²) < 4.78 is 1.10. The summed E-state index contributed by atoms with van der Waals surface area (Å²) in [5, 5.41) is 3.29. The van der Waals surface area contributed by atoms with Crippen LogP contribution < -0.4 is 5.73 Å². The number of hydrogen-bond acceptors (Lipinski definition) is 3. The summed E-state index contributed by atoms with van der Waals surface area (Å²) in [6.45, 7) is 6.56. The molecule has 2 aromatic rings. The van der Waals surface area contributed by atoms with Crippen molar-refractivity contribution in [1.29, 1.82) is 0 Å². The normalized spacial score (nSPS) is 13.4. The summed E-state index contributed by atoms with van der Waals surface area (Å²) in [4.78, 5) is 4.71. The molecule has 0 aliphatic heterocycles. The Bertz CT molecular complexity index is 572. The molecule has 1 aromatic carbocycles. The van der Waals surface area contributed by atoms with Crippen LogP contribution in [0, 0.1) is 0 Å². The van der Waals surface area contributed by atoms with Crippen molar-refractivity contribution in [3.63, 3.8) is 0 Å². The predicted molar refractivity (Wildman–Crippen MR) is 90.3 cm³/mol. The Morgan fingerprint density at radius 3 is 2.65 bits per heavy atom. The molecule has 0 amide bonds. The molecule has 2 N–H and O–H groups in total. The van der Waals surface area contributed by atoms with Gasteiger partial charge >= 0.3 is 0 Å². The maximum absolute atomic E-state index is 6.26. The van der Waals surface area contributed by atoms with Crippen molar-refractivity contribution in [3.8, 4) is 0 Å². The van der Waals surface area contributed by atoms with Gasteiger partial charge in [-0.3, -0.25) is 0 Å². The average Bonchev–Trinajstić information content (AvgIpc) is 2.76. The van der Waals surface area contributed by atoms with E-state index in [9.17, 15) is 0 Å². The Morgan fingerprint density at radius 2 is 2.05 bits per heavy atom. The van der Waals surface area contributed by atoms with E-state index in [0.717, 1.165) is 28.0 Å². The Balaban J connectivity index is 1.98. The zero-order valence-corrected chi connectivity index (χ0v) is 14.6. The highest BCUT2D eigenvalue weighted by Crippen LogP contribution is 2.24. The summed E-state index contributed by atoms with van der Waals surface area (Å²) in [6.07, 6.45) is 1.72. The van der Waals surface area contributed by atoms with Crippen LogP contribution in [0.2, 0.25) is 0 Å². The maximum atomic E-state index is 6.26. The molecule has 20 heavy (non-hydrogen) atoms. The minimum absolute atomic E-state index is 0.114. The predicted octanol–water partition coefficient (Wildman–Crippen LogP) is 4.32. The van der Waals surface area contributed by atoms with E-state index >= 15 is 0 Å². The van der Waals surface area contributed by atoms with Gasteiger partial charge in [-0.2, -0.15) is 0 Å². The van der Waals surface area contributed by atoms with Crippen LogP contribution in [-0.2, 0) is 18.3 Å². The maximum Gasteiger partial charge on any atom is 0.0944 e. The highest BCUT2D eigenvalue weighted by Gasteiger charge is 2.18. The molecule has 0 aliphatic rings. The smallest absolute Gasteiger partial charge is 0.0944 e. The van der Waals surface area contributed by atoms with Crippen molar-refractivity contribution in [2.24, 2.45) is 5.73 Å². The summed E-state index contributed by atoms with van der Waals surface area (Å²) >= 11 is 5.21. The van der Waals surface area contributed by atoms with Gasteiger partial charge in [-0.1, -0.05) is 48.8 Å². The lowest BCUT2D eigenvalue weighted by Crippen LogP contribution is -2.25. The third-order valence-corrected chi connectivity index (χ3v) is 4.51. The fourth-order valence-electron chi connectivity index (χ4n) is 2.01. The van der Waals surface area contributed by atoms with Gasteiger partial charge in [-0.15, -0.1) is 11.3 Å². The Morgan fingerprint density at radius 1 is 1.30 bits per heavy atom. The number of benzene rings is 1. The van der Waals surface area contributed by atoms with Gasteiger partial charge in [0.05, 0.1) is 10.7 Å². The van der Waals surface area contributed by atoms with Gasteiger partial charge in [0.15, 0.2) is 0 Å². The third kappa shape index (κ3) is 4.40. The van der Waals surface area contributed by atoms with Crippen LogP contribution in [0.5, 0.6) is 0 Å². The van der Waals surface area contributed by atoms with E-state index in [-0.39, 0.29) is 11.5 Å². The molecule has 0 bridgehead atoms. The number of aromatic nitrogens is 1. The summed E-state index contributed by atoms with van der Waals surface area (Å²) in [5.41, 5.74) is 8.79. The summed E-state index contributed by atoms with van der Waals surface area (Å²) in [7, 11) is 0. The lowest BCUT2D eigenvalue weighted by atomic mass is 9.93. The first-order valence-corrected chi connectivity index (χ1v) is 8.47. The molecule has 108 valence electrons. The zero-order valence-electron chi connectivity index (χ0n) is 12.2. The second-order valence-corrected chi connectivity index (χ2v) is 8.03. The van der Waals surface area contributed by atoms with Gasteiger partial charge in [0.25, 0.3) is 0 Å². The molecule has 0 saturated carbocycles. The molecule has 4 heteroatoms. The zero-order chi connectivity index (χ0) is 14.8. The van der Waals surface area contributed by atoms with Crippen LogP contribution in [0.3, 0.4) is 0 Å². The first-order chi connectivity index (χ1) is 9.34. The van der Waals surface area contributed by atoms with Crippen LogP contribution in [0.4, 0.5) is 0 Å². The second kappa shape index (κ2) is 6.37. The van der Waals surface area contributed by atoms with Crippen molar-refractivity contribution < 1.29 is 0 Å². The van der Waals surface area contributed by atoms with Crippen LogP contribution >= 0.6 is 27.3 Å². The Kier molecular flexibility index (Phi) is 4.99. The van der Waals surface area contributed by atoms with Crippen molar-refractivity contribution in [2.75, 3.05) is 0 Å². The van der Waals surface area contributed by atoms with Crippen molar-refractivity contribution >= 4 is 27.3 Å². The van der Waals surface area contributed by atoms with Gasteiger partial charge in [-0.05, 0) is 24.1 Å². The fraction of sp³-hybridized carbons (Fsp3) is 0.438. The van der Waals surface area contributed by atoms with E-state index in [1.54, 1.807) is 11.3 Å². The largest absolute Gasteiger partial charge is 0.327 e. The molecule has 1 atom stereocenters. The minimum atomic E-state index is 0.114. The number of rotatable bonds is 4. The molecule has 1 aromatic heterocycles. The number of thiazole rings is 1. The SMILES string of the molecule is CC(C)(C)c1csc(CC(N)Cc2cccc(Br)c2)n1. The van der Waals surface area contributed by atoms with Gasteiger partial charge in [0.1, 0.15) is 0 Å². The van der Waals surface area contributed by atoms with E-state index in [1.807, 2.05) is 12.1 Å². The molecule has 1 heterocycles. The van der Waals surface area contributed by atoms with Gasteiger partial charge < -0.3 is 5.73 Å². The van der Waals surface area contributed by atoms with Crippen LogP contribution in [0.15, 0.2) is 34.1 Å². The Hall–Kier alpha value is -0.710. The number of hydrogen-bond donors (Lipinski definition) is 1. The number of nitrogens with zero attached hydrogens (tertiary/aromatic N) is 1. The van der Waals surface area contributed by atoms with E-state index in [0.29, 0.717) is 0 Å². The van der Waals surface area contributed by atoms with Gasteiger partial charge in [-0.25, -0.2) is 4.98 Å². The highest BCUT2D eigenvalue weighted by atomic mass is 79.9. The van der Waals surface area contributed by atoms with Gasteiger partial charge in [0, 0.05) is 27.7 Å². The monoisotopic (exact) mass is 352 g/mol. The van der Waals surface area contributed by atoms with Gasteiger partial charge in [0.2, 0.25) is 0 Å². The van der Waals surface area contributed by atoms with Crippen LogP contribution in [0.25, 0.3) is 0 Å². The first-order valence-electron chi connectivity index (χ1n) is 6.79. The van der Waals surface area contributed by atoms with E-state index in [1.165, 1.54) is 5.56 Å². The quantitative estimate of drug-likeness (QED) is 0.889. The lowest BCUT2D eigenvalue weighted by molar-refractivity contribution is 0.567. The molecule has 0 saturated heterocycles. The molecule has 0 fully saturated rings. The standard InChI is InChI=1S/C16H21BrN2S/c1-16(2,3)14-10-20-15(19-14)9-13(18)8-11-5-4-6-12(17)7-11/h4-7,10,13H,8-9,18H2,1-3H3. The number of halogens is 1. The van der Waals surface area contributed by atoms with Crippen molar-refractivity contribution in [1.82, 2.24) is 4.98 Å². The minimum Gasteiger partial charge on any atom is -0.327 e.